The Balaban J connectivity index is 2.02. The predicted octanol–water partition coefficient (Wildman–Crippen LogP) is 3.10. The van der Waals surface area contributed by atoms with Gasteiger partial charge in [0.15, 0.2) is 11.6 Å². The molecule has 0 spiro atoms. The van der Waals surface area contributed by atoms with Crippen molar-refractivity contribution in [2.24, 2.45) is 0 Å². The van der Waals surface area contributed by atoms with Crippen molar-refractivity contribution >= 4 is 22.6 Å². The summed E-state index contributed by atoms with van der Waals surface area (Å²) >= 11 is 6.14. The first-order chi connectivity index (χ1) is 9.66. The van der Waals surface area contributed by atoms with Crippen LogP contribution in [0.1, 0.15) is 23.9 Å². The fourth-order valence-electron chi connectivity index (χ4n) is 2.18. The Morgan fingerprint density at radius 1 is 1.45 bits per heavy atom. The van der Waals surface area contributed by atoms with Gasteiger partial charge in [-0.3, -0.25) is 0 Å². The minimum atomic E-state index is -0.348. The molecule has 2 aromatic heterocycles. The summed E-state index contributed by atoms with van der Waals surface area (Å²) in [6.07, 6.45) is 1.85. The third-order valence-corrected chi connectivity index (χ3v) is 3.28. The van der Waals surface area contributed by atoms with E-state index in [2.05, 4.69) is 15.1 Å². The topological polar surface area (TPSA) is 56.7 Å². The van der Waals surface area contributed by atoms with Crippen LogP contribution in [0.2, 0.25) is 0 Å². The van der Waals surface area contributed by atoms with E-state index >= 15 is 0 Å². The van der Waals surface area contributed by atoms with E-state index in [0.29, 0.717) is 30.1 Å². The van der Waals surface area contributed by atoms with Crippen molar-refractivity contribution in [2.45, 2.75) is 25.3 Å². The largest absolute Gasteiger partial charge is 0.343 e. The quantitative estimate of drug-likeness (QED) is 0.694. The predicted molar refractivity (Wildman–Crippen MR) is 72.0 cm³/mol. The molecule has 0 aliphatic rings. The maximum Gasteiger partial charge on any atom is 0.213 e. The monoisotopic (exact) mass is 294 g/mol. The van der Waals surface area contributed by atoms with Crippen molar-refractivity contribution in [3.05, 3.63) is 42.1 Å². The molecule has 1 unspecified atom stereocenters. The molecule has 0 saturated carbocycles. The van der Waals surface area contributed by atoms with E-state index in [1.807, 2.05) is 17.6 Å². The Morgan fingerprint density at radius 3 is 3.00 bits per heavy atom. The van der Waals surface area contributed by atoms with Gasteiger partial charge in [0, 0.05) is 13.0 Å². The van der Waals surface area contributed by atoms with Gasteiger partial charge in [-0.1, -0.05) is 11.2 Å². The van der Waals surface area contributed by atoms with Crippen LogP contribution in [0.4, 0.5) is 4.39 Å². The fraction of sp³-hybridized carbons (Fsp3) is 0.308. The summed E-state index contributed by atoms with van der Waals surface area (Å²) in [5.74, 6) is 0.881. The first-order valence-corrected chi connectivity index (χ1v) is 6.64. The van der Waals surface area contributed by atoms with Crippen LogP contribution in [-0.4, -0.2) is 19.7 Å². The molecule has 1 aromatic carbocycles. The van der Waals surface area contributed by atoms with Crippen LogP contribution in [0.25, 0.3) is 11.0 Å². The Hall–Kier alpha value is -1.95. The van der Waals surface area contributed by atoms with E-state index < -0.39 is 0 Å². The molecule has 0 bridgehead atoms. The molecule has 0 N–H and O–H groups in total. The van der Waals surface area contributed by atoms with Crippen LogP contribution in [0.15, 0.2) is 29.1 Å². The Kier molecular flexibility index (Phi) is 3.40. The van der Waals surface area contributed by atoms with Crippen molar-refractivity contribution in [1.82, 2.24) is 19.7 Å². The van der Waals surface area contributed by atoms with Crippen LogP contribution < -0.4 is 0 Å². The Morgan fingerprint density at radius 2 is 2.30 bits per heavy atom. The molecule has 2 heterocycles. The summed E-state index contributed by atoms with van der Waals surface area (Å²) in [6, 6.07) is 4.87. The van der Waals surface area contributed by atoms with Gasteiger partial charge in [0.1, 0.15) is 11.3 Å². The molecule has 0 aliphatic carbocycles. The van der Waals surface area contributed by atoms with Gasteiger partial charge in [-0.2, -0.15) is 4.98 Å². The van der Waals surface area contributed by atoms with Crippen LogP contribution in [0.5, 0.6) is 0 Å². The molecule has 0 saturated heterocycles. The lowest BCUT2D eigenvalue weighted by molar-refractivity contribution is 0.408. The molecule has 0 aliphatic heterocycles. The van der Waals surface area contributed by atoms with E-state index in [0.717, 1.165) is 5.52 Å². The average Bonchev–Trinajstić information content (AvgIpc) is 3.03. The molecule has 104 valence electrons. The molecule has 1 atom stereocenters. The van der Waals surface area contributed by atoms with Gasteiger partial charge >= 0.3 is 0 Å². The second kappa shape index (κ2) is 5.20. The number of hydrogen-bond donors (Lipinski definition) is 0. The number of rotatable bonds is 4. The van der Waals surface area contributed by atoms with E-state index in [4.69, 9.17) is 16.1 Å². The number of alkyl halides is 1. The molecule has 7 heteroatoms. The number of imidazole rings is 1. The van der Waals surface area contributed by atoms with Crippen LogP contribution in [0, 0.1) is 5.82 Å². The highest BCUT2D eigenvalue weighted by atomic mass is 35.5. The molecule has 3 rings (SSSR count). The van der Waals surface area contributed by atoms with E-state index in [1.165, 1.54) is 12.5 Å². The molecule has 5 nitrogen and oxygen atoms in total. The summed E-state index contributed by atoms with van der Waals surface area (Å²) in [7, 11) is 0. The summed E-state index contributed by atoms with van der Waals surface area (Å²) in [5.41, 5.74) is 1.05. The lowest BCUT2D eigenvalue weighted by Gasteiger charge is -2.09. The molecule has 0 amide bonds. The number of para-hydroxylation sites is 1. The highest BCUT2D eigenvalue weighted by molar-refractivity contribution is 6.20. The number of aromatic nitrogens is 4. The molecule has 20 heavy (non-hydrogen) atoms. The highest BCUT2D eigenvalue weighted by Gasteiger charge is 2.17. The van der Waals surface area contributed by atoms with Crippen LogP contribution in [0.3, 0.4) is 0 Å². The number of nitrogens with zero attached hydrogens (tertiary/aromatic N) is 4. The second-order valence-corrected chi connectivity index (χ2v) is 5.10. The average molecular weight is 295 g/mol. The molecule has 0 fully saturated rings. The summed E-state index contributed by atoms with van der Waals surface area (Å²) < 4.78 is 20.4. The summed E-state index contributed by atoms with van der Waals surface area (Å²) in [6.45, 7) is 2.37. The van der Waals surface area contributed by atoms with Crippen molar-refractivity contribution in [1.29, 1.82) is 0 Å². The first-order valence-electron chi connectivity index (χ1n) is 6.21. The van der Waals surface area contributed by atoms with Gasteiger partial charge in [-0.05, 0) is 19.1 Å². The lowest BCUT2D eigenvalue weighted by Crippen LogP contribution is -2.07. The third-order valence-electron chi connectivity index (χ3n) is 3.08. The smallest absolute Gasteiger partial charge is 0.213 e. The highest BCUT2D eigenvalue weighted by Crippen LogP contribution is 2.26. The second-order valence-electron chi connectivity index (χ2n) is 4.44. The molecule has 3 aromatic rings. The zero-order valence-corrected chi connectivity index (χ0v) is 11.5. The zero-order valence-electron chi connectivity index (χ0n) is 10.8. The standard InChI is InChI=1S/C13H12ClFN4O/c1-8(14)13-17-12-9(15)3-2-4-10(12)19(13)6-5-11-16-7-20-18-11/h2-4,7-8H,5-6H2,1H3. The number of fused-ring (bicyclic) bond motifs is 1. The Labute approximate surface area is 119 Å². The number of halogens is 2. The van der Waals surface area contributed by atoms with Crippen molar-refractivity contribution < 1.29 is 8.91 Å². The third kappa shape index (κ3) is 2.27. The molecular weight excluding hydrogens is 283 g/mol. The summed E-state index contributed by atoms with van der Waals surface area (Å²) in [5, 5.41) is 3.45. The molecule has 0 radical (unpaired) electrons. The Bertz CT molecular complexity index is 723. The van der Waals surface area contributed by atoms with Crippen LogP contribution in [-0.2, 0) is 13.0 Å². The normalized spacial score (nSPS) is 12.9. The van der Waals surface area contributed by atoms with Crippen molar-refractivity contribution in [3.8, 4) is 0 Å². The zero-order chi connectivity index (χ0) is 14.1. The van der Waals surface area contributed by atoms with Gasteiger partial charge in [-0.25, -0.2) is 9.37 Å². The first kappa shape index (κ1) is 13.1. The van der Waals surface area contributed by atoms with E-state index in [-0.39, 0.29) is 11.2 Å². The number of benzene rings is 1. The lowest BCUT2D eigenvalue weighted by atomic mass is 10.3. The van der Waals surface area contributed by atoms with Gasteiger partial charge in [0.05, 0.1) is 10.9 Å². The SMILES string of the molecule is CC(Cl)c1nc2c(F)cccc2n1CCc1ncon1. The number of aryl methyl sites for hydroxylation is 2. The van der Waals surface area contributed by atoms with Gasteiger partial charge < -0.3 is 9.09 Å². The fourth-order valence-corrected chi connectivity index (χ4v) is 2.35. The van der Waals surface area contributed by atoms with Crippen molar-refractivity contribution in [3.63, 3.8) is 0 Å². The van der Waals surface area contributed by atoms with E-state index in [9.17, 15) is 4.39 Å². The molecular formula is C13H12ClFN4O. The summed E-state index contributed by atoms with van der Waals surface area (Å²) in [4.78, 5) is 8.27. The van der Waals surface area contributed by atoms with Gasteiger partial charge in [0.2, 0.25) is 6.39 Å². The van der Waals surface area contributed by atoms with Gasteiger partial charge in [-0.15, -0.1) is 11.6 Å². The maximum absolute atomic E-state index is 13.8. The minimum absolute atomic E-state index is 0.313. The van der Waals surface area contributed by atoms with Crippen molar-refractivity contribution in [2.75, 3.05) is 0 Å². The maximum atomic E-state index is 13.8. The minimum Gasteiger partial charge on any atom is -0.343 e. The number of hydrogen-bond acceptors (Lipinski definition) is 4. The van der Waals surface area contributed by atoms with E-state index in [1.54, 1.807) is 6.07 Å². The van der Waals surface area contributed by atoms with Crippen LogP contribution >= 0.6 is 11.6 Å². The van der Waals surface area contributed by atoms with Gasteiger partial charge in [0.25, 0.3) is 0 Å².